The molecule has 0 fully saturated rings. The molecule has 1 N–H and O–H groups in total. The molecule has 0 spiro atoms. The molecule has 0 aromatic heterocycles. The van der Waals surface area contributed by atoms with Crippen LogP contribution in [0.1, 0.15) is 44.3 Å². The second-order valence-corrected chi connectivity index (χ2v) is 7.65. The fourth-order valence-corrected chi connectivity index (χ4v) is 4.01. The fourth-order valence-electron chi connectivity index (χ4n) is 4.01. The Morgan fingerprint density at radius 2 is 1.42 bits per heavy atom. The van der Waals surface area contributed by atoms with Crippen LogP contribution in [0.4, 0.5) is 0 Å². The van der Waals surface area contributed by atoms with Crippen molar-refractivity contribution in [1.82, 2.24) is 5.32 Å². The standard InChI is InChI=1S/C26H23NO4/c1-2-31-25(30)26(27-24(29)19-11-7-4-8-12-19)16-21-14-13-20(15-22(21)17-26)23(28)18-9-5-3-6-10-18/h3-15H,2,16-17H2,1H3,(H,27,29)/t26-/m0/s1. The van der Waals surface area contributed by atoms with Gasteiger partial charge in [0.1, 0.15) is 5.54 Å². The van der Waals surface area contributed by atoms with Gasteiger partial charge in [-0.2, -0.15) is 0 Å². The van der Waals surface area contributed by atoms with Crippen molar-refractivity contribution in [3.63, 3.8) is 0 Å². The number of carbonyl (C=O) groups excluding carboxylic acids is 3. The number of nitrogens with one attached hydrogen (secondary N) is 1. The van der Waals surface area contributed by atoms with E-state index in [0.29, 0.717) is 23.1 Å². The highest BCUT2D eigenvalue weighted by Gasteiger charge is 2.46. The molecular formula is C26H23NO4. The predicted octanol–water partition coefficient (Wildman–Crippen LogP) is 3.75. The van der Waals surface area contributed by atoms with Gasteiger partial charge >= 0.3 is 5.97 Å². The molecule has 0 saturated heterocycles. The molecule has 1 atom stereocenters. The lowest BCUT2D eigenvalue weighted by Crippen LogP contribution is -2.56. The molecule has 31 heavy (non-hydrogen) atoms. The van der Waals surface area contributed by atoms with Crippen molar-refractivity contribution in [3.8, 4) is 0 Å². The summed E-state index contributed by atoms with van der Waals surface area (Å²) in [5.41, 5.74) is 2.23. The molecule has 0 aliphatic heterocycles. The molecule has 0 saturated carbocycles. The summed E-state index contributed by atoms with van der Waals surface area (Å²) >= 11 is 0. The predicted molar refractivity (Wildman–Crippen MR) is 117 cm³/mol. The normalized spacial score (nSPS) is 16.9. The Balaban J connectivity index is 1.63. The number of hydrogen-bond acceptors (Lipinski definition) is 4. The maximum absolute atomic E-state index is 12.9. The molecule has 5 heteroatoms. The second kappa shape index (κ2) is 8.56. The van der Waals surface area contributed by atoms with Gasteiger partial charge in [0.15, 0.2) is 5.78 Å². The number of benzene rings is 3. The zero-order valence-electron chi connectivity index (χ0n) is 17.3. The van der Waals surface area contributed by atoms with Gasteiger partial charge in [0, 0.05) is 29.5 Å². The summed E-state index contributed by atoms with van der Waals surface area (Å²) in [4.78, 5) is 38.6. The van der Waals surface area contributed by atoms with Crippen LogP contribution in [0.2, 0.25) is 0 Å². The first-order valence-electron chi connectivity index (χ1n) is 10.3. The van der Waals surface area contributed by atoms with E-state index in [1.54, 1.807) is 49.4 Å². The molecule has 0 unspecified atom stereocenters. The lowest BCUT2D eigenvalue weighted by atomic mass is 9.94. The summed E-state index contributed by atoms with van der Waals surface area (Å²) in [7, 11) is 0. The largest absolute Gasteiger partial charge is 0.464 e. The average molecular weight is 413 g/mol. The Kier molecular flexibility index (Phi) is 5.67. The van der Waals surface area contributed by atoms with Gasteiger partial charge in [0.25, 0.3) is 5.91 Å². The molecule has 4 rings (SSSR count). The number of esters is 1. The van der Waals surface area contributed by atoms with Gasteiger partial charge in [-0.3, -0.25) is 9.59 Å². The number of amides is 1. The highest BCUT2D eigenvalue weighted by atomic mass is 16.5. The number of fused-ring (bicyclic) bond motifs is 1. The van der Waals surface area contributed by atoms with Crippen LogP contribution in [0.15, 0.2) is 78.9 Å². The first-order chi connectivity index (χ1) is 15.0. The maximum atomic E-state index is 12.9. The monoisotopic (exact) mass is 413 g/mol. The van der Waals surface area contributed by atoms with Crippen LogP contribution in [0.25, 0.3) is 0 Å². The molecule has 0 radical (unpaired) electrons. The van der Waals surface area contributed by atoms with Crippen molar-refractivity contribution in [3.05, 3.63) is 107 Å². The Hall–Kier alpha value is -3.73. The Bertz CT molecular complexity index is 1120. The Morgan fingerprint density at radius 1 is 0.806 bits per heavy atom. The molecular weight excluding hydrogens is 390 g/mol. The zero-order chi connectivity index (χ0) is 21.8. The van der Waals surface area contributed by atoms with Crippen LogP contribution >= 0.6 is 0 Å². The van der Waals surface area contributed by atoms with Crippen molar-refractivity contribution in [2.45, 2.75) is 25.3 Å². The molecule has 0 bridgehead atoms. The smallest absolute Gasteiger partial charge is 0.332 e. The summed E-state index contributed by atoms with van der Waals surface area (Å²) in [6.45, 7) is 1.96. The van der Waals surface area contributed by atoms with Gasteiger partial charge in [-0.05, 0) is 36.2 Å². The maximum Gasteiger partial charge on any atom is 0.332 e. The minimum Gasteiger partial charge on any atom is -0.464 e. The second-order valence-electron chi connectivity index (χ2n) is 7.65. The molecule has 1 aliphatic carbocycles. The minimum absolute atomic E-state index is 0.0784. The van der Waals surface area contributed by atoms with Gasteiger partial charge in [0.05, 0.1) is 6.61 Å². The third-order valence-corrected chi connectivity index (χ3v) is 5.54. The number of ether oxygens (including phenoxy) is 1. The van der Waals surface area contributed by atoms with E-state index in [1.807, 2.05) is 36.4 Å². The van der Waals surface area contributed by atoms with Gasteiger partial charge in [-0.1, -0.05) is 60.7 Å². The number of hydrogen-bond donors (Lipinski definition) is 1. The lowest BCUT2D eigenvalue weighted by molar-refractivity contribution is -0.150. The molecule has 156 valence electrons. The molecule has 3 aromatic rings. The van der Waals surface area contributed by atoms with Crippen LogP contribution in [0.5, 0.6) is 0 Å². The summed E-state index contributed by atoms with van der Waals surface area (Å²) in [6.07, 6.45) is 0.592. The summed E-state index contributed by atoms with van der Waals surface area (Å²) in [5.74, 6) is -0.876. The first kappa shape index (κ1) is 20.5. The van der Waals surface area contributed by atoms with Gasteiger partial charge in [0.2, 0.25) is 0 Å². The SMILES string of the molecule is CCOC(=O)[C@]1(NC(=O)c2ccccc2)Cc2ccc(C(=O)c3ccccc3)cc2C1. The molecule has 1 aliphatic rings. The van der Waals surface area contributed by atoms with Crippen LogP contribution in [0.3, 0.4) is 0 Å². The Morgan fingerprint density at radius 3 is 2.06 bits per heavy atom. The van der Waals surface area contributed by atoms with E-state index in [4.69, 9.17) is 4.74 Å². The van der Waals surface area contributed by atoms with E-state index < -0.39 is 11.5 Å². The summed E-state index contributed by atoms with van der Waals surface area (Å²) in [6, 6.07) is 23.3. The van der Waals surface area contributed by atoms with Gasteiger partial charge < -0.3 is 10.1 Å². The zero-order valence-corrected chi connectivity index (χ0v) is 17.3. The van der Waals surface area contributed by atoms with E-state index >= 15 is 0 Å². The van der Waals surface area contributed by atoms with Crippen molar-refractivity contribution in [2.75, 3.05) is 6.61 Å². The van der Waals surface area contributed by atoms with Gasteiger partial charge in [-0.15, -0.1) is 0 Å². The molecule has 1 amide bonds. The highest BCUT2D eigenvalue weighted by Crippen LogP contribution is 2.33. The van der Waals surface area contributed by atoms with Crippen molar-refractivity contribution < 1.29 is 19.1 Å². The molecule has 5 nitrogen and oxygen atoms in total. The van der Waals surface area contributed by atoms with Crippen molar-refractivity contribution in [1.29, 1.82) is 0 Å². The van der Waals surface area contributed by atoms with Gasteiger partial charge in [-0.25, -0.2) is 4.79 Å². The van der Waals surface area contributed by atoms with Crippen LogP contribution in [-0.4, -0.2) is 29.8 Å². The van der Waals surface area contributed by atoms with E-state index in [9.17, 15) is 14.4 Å². The van der Waals surface area contributed by atoms with E-state index in [-0.39, 0.29) is 24.7 Å². The van der Waals surface area contributed by atoms with E-state index in [0.717, 1.165) is 11.1 Å². The third-order valence-electron chi connectivity index (χ3n) is 5.54. The topological polar surface area (TPSA) is 72.5 Å². The fraction of sp³-hybridized carbons (Fsp3) is 0.192. The van der Waals surface area contributed by atoms with Crippen LogP contribution < -0.4 is 5.32 Å². The van der Waals surface area contributed by atoms with Crippen LogP contribution in [-0.2, 0) is 22.4 Å². The minimum atomic E-state index is -1.19. The van der Waals surface area contributed by atoms with E-state index in [1.165, 1.54) is 0 Å². The molecule has 0 heterocycles. The number of carbonyl (C=O) groups is 3. The number of rotatable bonds is 6. The highest BCUT2D eigenvalue weighted by molar-refractivity contribution is 6.09. The van der Waals surface area contributed by atoms with E-state index in [2.05, 4.69) is 5.32 Å². The molecule has 3 aromatic carbocycles. The quantitative estimate of drug-likeness (QED) is 0.494. The number of ketones is 1. The van der Waals surface area contributed by atoms with Crippen molar-refractivity contribution in [2.24, 2.45) is 0 Å². The average Bonchev–Trinajstić information content (AvgIpc) is 3.18. The Labute approximate surface area is 181 Å². The van der Waals surface area contributed by atoms with Crippen LogP contribution in [0, 0.1) is 0 Å². The summed E-state index contributed by atoms with van der Waals surface area (Å²) in [5, 5.41) is 2.92. The lowest BCUT2D eigenvalue weighted by Gasteiger charge is -2.28. The first-order valence-corrected chi connectivity index (χ1v) is 10.3. The summed E-state index contributed by atoms with van der Waals surface area (Å²) < 4.78 is 5.32. The third kappa shape index (κ3) is 4.12. The van der Waals surface area contributed by atoms with Crippen molar-refractivity contribution >= 4 is 17.7 Å².